The Bertz CT molecular complexity index is 6250. The first-order valence-electron chi connectivity index (χ1n) is 42.0. The topological polar surface area (TPSA) is 0 Å². The fourth-order valence-corrected chi connectivity index (χ4v) is 29.6. The third kappa shape index (κ3) is 21.9. The summed E-state index contributed by atoms with van der Waals surface area (Å²) in [5, 5.41) is 17.4. The van der Waals surface area contributed by atoms with Crippen molar-refractivity contribution in [1.29, 1.82) is 0 Å². The molecule has 0 heterocycles. The molecule has 18 aromatic rings. The van der Waals surface area contributed by atoms with Crippen LogP contribution in [-0.2, 0) is 115 Å². The minimum absolute atomic E-state index is 0. The average Bonchev–Trinajstić information content (AvgIpc) is 1.72. The van der Waals surface area contributed by atoms with Crippen LogP contribution >= 0.6 is 31.7 Å². The van der Waals surface area contributed by atoms with Gasteiger partial charge in [0.05, 0.1) is 0 Å². The molecule has 0 amide bonds. The van der Waals surface area contributed by atoms with Gasteiger partial charge in [0.1, 0.15) is 95.3 Å². The van der Waals surface area contributed by atoms with E-state index in [2.05, 4.69) is 442 Å². The maximum Gasteiger partial charge on any atom is 1.00 e. The smallest absolute Gasteiger partial charge is 0.366 e. The molecule has 0 aliphatic heterocycles. The summed E-state index contributed by atoms with van der Waals surface area (Å²) < 4.78 is 0. The van der Waals surface area contributed by atoms with Crippen LogP contribution in [0.4, 0.5) is 0 Å². The molecule has 0 bridgehead atoms. The Balaban J connectivity index is 0.000000135. The van der Waals surface area contributed by atoms with Gasteiger partial charge in [0.25, 0.3) is 0 Å². The largest absolute Gasteiger partial charge is 1.00 e. The van der Waals surface area contributed by atoms with E-state index in [1.807, 2.05) is 42.5 Å². The summed E-state index contributed by atoms with van der Waals surface area (Å²) in [7, 11) is -4.56. The van der Waals surface area contributed by atoms with E-state index in [0.29, 0.717) is 0 Å². The zero-order valence-corrected chi connectivity index (χ0v) is 82.6. The predicted octanol–water partition coefficient (Wildman–Crippen LogP) is 22.1. The Labute approximate surface area is 823 Å². The van der Waals surface area contributed by atoms with E-state index >= 15 is 0 Å². The Morgan fingerprint density at radius 2 is 0.383 bits per heavy atom. The maximum absolute atomic E-state index is 7.30. The minimum Gasteiger partial charge on any atom is -0.366 e. The van der Waals surface area contributed by atoms with E-state index in [9.17, 15) is 0 Å². The van der Waals surface area contributed by atoms with E-state index in [-0.39, 0.29) is 89.5 Å². The van der Waals surface area contributed by atoms with Crippen molar-refractivity contribution in [2.45, 2.75) is 25.7 Å². The van der Waals surface area contributed by atoms with Gasteiger partial charge in [0, 0.05) is 0 Å². The summed E-state index contributed by atoms with van der Waals surface area (Å²) in [6.45, 7) is 0. The molecule has 18 aromatic carbocycles. The van der Waals surface area contributed by atoms with Gasteiger partial charge in [-0.15, -0.1) is 58.7 Å². The molecule has 8 heteroatoms. The van der Waals surface area contributed by atoms with Crippen molar-refractivity contribution in [3.8, 4) is 68.2 Å². The average molecular weight is 2440 g/mol. The fraction of sp³-hybridized carbons (Fsp3) is 0.0333. The molecule has 4 aliphatic rings. The van der Waals surface area contributed by atoms with Crippen LogP contribution in [-0.4, -0.2) is 0 Å². The zero-order chi connectivity index (χ0) is 84.2. The summed E-state index contributed by atoms with van der Waals surface area (Å²) in [4.78, 5) is 0. The molecule has 0 saturated carbocycles. The molecule has 22 rings (SSSR count). The Hall–Kier alpha value is -11.1. The summed E-state index contributed by atoms with van der Waals surface area (Å²) >= 11 is 0. The monoisotopic (exact) mass is 2440 g/mol. The number of hydrogen-bond acceptors (Lipinski definition) is 0. The van der Waals surface area contributed by atoms with E-state index in [1.54, 1.807) is 0 Å². The molecular formula is C120H88Au4P4+4. The van der Waals surface area contributed by atoms with E-state index in [4.69, 9.17) is 25.7 Å². The molecule has 0 atom stereocenters. The van der Waals surface area contributed by atoms with Crippen molar-refractivity contribution in [3.63, 3.8) is 0 Å². The van der Waals surface area contributed by atoms with Crippen LogP contribution in [0.3, 0.4) is 0 Å². The normalized spacial score (nSPS) is 11.0. The van der Waals surface area contributed by atoms with Gasteiger partial charge >= 0.3 is 89.5 Å². The van der Waals surface area contributed by atoms with Gasteiger partial charge in [-0.25, -0.2) is 0 Å². The van der Waals surface area contributed by atoms with Crippen molar-refractivity contribution in [2.75, 3.05) is 0 Å². The third-order valence-electron chi connectivity index (χ3n) is 23.2. The molecule has 0 nitrogen and oxygen atoms in total. The molecule has 0 spiro atoms. The molecular weight excluding hydrogens is 2350 g/mol. The summed E-state index contributed by atoms with van der Waals surface area (Å²) in [6.07, 6.45) is 32.8. The molecule has 0 saturated heterocycles. The van der Waals surface area contributed by atoms with Gasteiger partial charge in [-0.3, -0.25) is 23.7 Å². The second-order valence-corrected chi connectivity index (χ2v) is 40.6. The van der Waals surface area contributed by atoms with Gasteiger partial charge in [0.15, 0.2) is 0 Å². The van der Waals surface area contributed by atoms with Crippen LogP contribution in [0.5, 0.6) is 0 Å². The molecule has 4 aliphatic carbocycles. The first-order chi connectivity index (χ1) is 61.4. The third-order valence-corrected chi connectivity index (χ3v) is 34.9. The van der Waals surface area contributed by atoms with Gasteiger partial charge in [0.2, 0.25) is 0 Å². The van der Waals surface area contributed by atoms with Gasteiger partial charge in [-0.05, 0) is 208 Å². The number of benzene rings is 18. The summed E-state index contributed by atoms with van der Waals surface area (Å²) in [5.41, 5.74) is 24.4. The van der Waals surface area contributed by atoms with Gasteiger partial charge in [-0.2, -0.15) is 0 Å². The first kappa shape index (κ1) is 94.5. The zero-order valence-electron chi connectivity index (χ0n) is 69.9. The van der Waals surface area contributed by atoms with Gasteiger partial charge < -0.3 is 25.7 Å². The van der Waals surface area contributed by atoms with Crippen LogP contribution in [0.15, 0.2) is 461 Å². The Kier molecular flexibility index (Phi) is 34.5. The summed E-state index contributed by atoms with van der Waals surface area (Å²) in [6, 6.07) is 165. The number of hydrogen-bond donors (Lipinski definition) is 0. The van der Waals surface area contributed by atoms with Crippen LogP contribution in [0.2, 0.25) is 0 Å². The molecule has 128 heavy (non-hydrogen) atoms. The molecule has 0 radical (unpaired) electrons. The number of fused-ring (bicyclic) bond motifs is 12. The second kappa shape index (κ2) is 46.7. The van der Waals surface area contributed by atoms with Crippen molar-refractivity contribution >= 4 is 95.3 Å². The molecule has 628 valence electrons. The van der Waals surface area contributed by atoms with Gasteiger partial charge in [-0.1, -0.05) is 331 Å². The van der Waals surface area contributed by atoms with Crippen molar-refractivity contribution in [2.24, 2.45) is 0 Å². The van der Waals surface area contributed by atoms with Crippen LogP contribution < -0.4 is 63.7 Å². The fourth-order valence-electron chi connectivity index (χ4n) is 17.6. The first-order valence-corrected chi connectivity index (χ1v) is 48.0. The van der Waals surface area contributed by atoms with Crippen LogP contribution in [0.1, 0.15) is 66.8 Å². The molecule has 0 unspecified atom stereocenters. The van der Waals surface area contributed by atoms with Crippen LogP contribution in [0, 0.1) is 49.4 Å². The molecule has 0 N–H and O–H groups in total. The number of rotatable bonds is 12. The van der Waals surface area contributed by atoms with E-state index < -0.39 is 31.7 Å². The SMILES string of the molecule is [Au+].[Au+].[Au+].[Au+].[C-]#Cc1ccc2c(c1)-c1ccccc1C2.[C-]#Cc1ccc2c(c1)Cc1ccccc1-2.[C-]#Cc1cccc2c1-c1ccccc1C2.[C-]#Cc1cccc2c1-c1ccccc1C2.c1ccc([PH+](c2ccccc2)c2ccccc2[PH+](c2ccccc2)c2ccccc2)cc1.c1ccc([PH+](c2ccccc2)c2ccccc2[PH+](c2ccccc2)c2ccccc2)cc1. The van der Waals surface area contributed by atoms with E-state index in [0.717, 1.165) is 47.9 Å². The predicted molar refractivity (Wildman–Crippen MR) is 537 cm³/mol. The quantitative estimate of drug-likeness (QED) is 0.0495. The van der Waals surface area contributed by atoms with Crippen molar-refractivity contribution < 1.29 is 89.5 Å². The summed E-state index contributed by atoms with van der Waals surface area (Å²) in [5.74, 6) is 9.91. The molecule has 0 fully saturated rings. The Morgan fingerprint density at radius 1 is 0.164 bits per heavy atom. The molecule has 0 aromatic heterocycles. The second-order valence-electron chi connectivity index (χ2n) is 30.8. The minimum atomic E-state index is -1.14. The van der Waals surface area contributed by atoms with Crippen molar-refractivity contribution in [1.82, 2.24) is 0 Å². The standard InChI is InChI=1S/2C30H24P2.4C15H9.4Au/c2*1-5-15-25(16-6-1)31(26-17-7-2-8-18-26)29-23-13-14-24-30(29)32(27-19-9-3-10-20-27)28-21-11-4-12-22-28;2*1-2-11-7-5-8-13-10-12-6-3-4-9-14(12)15(11)13;1-2-11-7-8-15-13(9-11)10-12-5-3-4-6-14(12)15;1-2-11-7-8-13-10-12-5-3-4-6-14(12)15(13)9-11;;;;/h2*1-24H;4*3-9H,10H2;;;;/q;;4*-1;4*+1/p+4. The Morgan fingerprint density at radius 3 is 0.688 bits per heavy atom. The van der Waals surface area contributed by atoms with E-state index in [1.165, 1.54) is 153 Å². The maximum atomic E-state index is 7.30. The van der Waals surface area contributed by atoms with Crippen LogP contribution in [0.25, 0.3) is 44.5 Å². The van der Waals surface area contributed by atoms with Crippen molar-refractivity contribution in [3.05, 3.63) is 553 Å².